The van der Waals surface area contributed by atoms with Crippen molar-refractivity contribution in [3.63, 3.8) is 0 Å². The number of carbonyl (C=O) groups is 3. The molecule has 32 heavy (non-hydrogen) atoms. The van der Waals surface area contributed by atoms with Crippen molar-refractivity contribution < 1.29 is 24.2 Å². The average Bonchev–Trinajstić information content (AvgIpc) is 2.75. The van der Waals surface area contributed by atoms with Gasteiger partial charge in [-0.1, -0.05) is 38.1 Å². The van der Waals surface area contributed by atoms with Crippen LogP contribution < -0.4 is 15.8 Å². The summed E-state index contributed by atoms with van der Waals surface area (Å²) in [5.41, 5.74) is 4.07. The van der Waals surface area contributed by atoms with Crippen LogP contribution in [-0.2, 0) is 14.3 Å². The van der Waals surface area contributed by atoms with Gasteiger partial charge >= 0.3 is 5.97 Å². The van der Waals surface area contributed by atoms with Gasteiger partial charge in [-0.05, 0) is 50.5 Å². The lowest BCUT2D eigenvalue weighted by molar-refractivity contribution is -0.142. The number of esters is 1. The van der Waals surface area contributed by atoms with Gasteiger partial charge < -0.3 is 15.2 Å². The molecular formula is C24H31N3O5. The van der Waals surface area contributed by atoms with Gasteiger partial charge in [0, 0.05) is 11.1 Å². The van der Waals surface area contributed by atoms with E-state index in [4.69, 9.17) is 4.74 Å². The summed E-state index contributed by atoms with van der Waals surface area (Å²) in [6.45, 7) is 7.27. The highest BCUT2D eigenvalue weighted by molar-refractivity contribution is 6.02. The Morgan fingerprint density at radius 1 is 1.06 bits per heavy atom. The van der Waals surface area contributed by atoms with Crippen molar-refractivity contribution in [2.24, 2.45) is 5.92 Å². The lowest BCUT2D eigenvalue weighted by atomic mass is 10.0. The van der Waals surface area contributed by atoms with Crippen LogP contribution in [0.15, 0.2) is 48.5 Å². The number of carbonyl (C=O) groups excluding carboxylic acids is 3. The molecule has 2 aromatic carbocycles. The second-order valence-corrected chi connectivity index (χ2v) is 7.75. The summed E-state index contributed by atoms with van der Waals surface area (Å²) >= 11 is 0. The molecule has 172 valence electrons. The van der Waals surface area contributed by atoms with Crippen LogP contribution in [0.25, 0.3) is 0 Å². The van der Waals surface area contributed by atoms with E-state index in [0.717, 1.165) is 0 Å². The molecule has 0 aromatic heterocycles. The van der Waals surface area contributed by atoms with Crippen molar-refractivity contribution in [1.82, 2.24) is 10.7 Å². The van der Waals surface area contributed by atoms with E-state index in [0.29, 0.717) is 17.7 Å². The molecule has 0 spiro atoms. The van der Waals surface area contributed by atoms with Gasteiger partial charge in [0.1, 0.15) is 18.3 Å². The second kappa shape index (κ2) is 11.9. The van der Waals surface area contributed by atoms with Crippen LogP contribution >= 0.6 is 0 Å². The lowest BCUT2D eigenvalue weighted by Gasteiger charge is -2.29. The van der Waals surface area contributed by atoms with Crippen LogP contribution in [0, 0.1) is 12.8 Å². The summed E-state index contributed by atoms with van der Waals surface area (Å²) < 4.78 is 4.95. The van der Waals surface area contributed by atoms with Crippen LogP contribution in [0.3, 0.4) is 0 Å². The maximum Gasteiger partial charge on any atom is 0.321 e. The lowest BCUT2D eigenvalue weighted by Crippen LogP contribution is -2.55. The summed E-state index contributed by atoms with van der Waals surface area (Å²) in [6.07, 6.45) is 0.382. The zero-order valence-corrected chi connectivity index (χ0v) is 18.9. The third-order valence-corrected chi connectivity index (χ3v) is 4.78. The number of phenolic OH excluding ortho intramolecular Hbond substituents is 1. The minimum absolute atomic E-state index is 0.00593. The summed E-state index contributed by atoms with van der Waals surface area (Å²) in [4.78, 5) is 38.3. The number of benzene rings is 2. The Morgan fingerprint density at radius 2 is 1.75 bits per heavy atom. The summed E-state index contributed by atoms with van der Waals surface area (Å²) in [6, 6.07) is 12.6. The number of aromatic hydroxyl groups is 1. The monoisotopic (exact) mass is 441 g/mol. The average molecular weight is 442 g/mol. The number of para-hydroxylation sites is 1. The number of ether oxygens (including phenoxy) is 1. The van der Waals surface area contributed by atoms with Crippen LogP contribution in [0.4, 0.5) is 5.69 Å². The van der Waals surface area contributed by atoms with Gasteiger partial charge in [-0.3, -0.25) is 14.4 Å². The first kappa shape index (κ1) is 24.9. The number of phenols is 1. The van der Waals surface area contributed by atoms with E-state index in [2.05, 4.69) is 10.7 Å². The van der Waals surface area contributed by atoms with E-state index in [9.17, 15) is 19.5 Å². The molecule has 0 aliphatic rings. The molecule has 0 saturated heterocycles. The molecule has 0 aliphatic heterocycles. The van der Waals surface area contributed by atoms with Gasteiger partial charge in [0.05, 0.1) is 12.3 Å². The highest BCUT2D eigenvalue weighted by atomic mass is 16.5. The number of nitrogens with one attached hydrogen (secondary N) is 2. The Bertz CT molecular complexity index is 930. The van der Waals surface area contributed by atoms with E-state index in [1.165, 1.54) is 11.1 Å². The van der Waals surface area contributed by atoms with Gasteiger partial charge in [0.15, 0.2) is 0 Å². The molecular weight excluding hydrogens is 410 g/mol. The molecule has 8 heteroatoms. The zero-order chi connectivity index (χ0) is 23.7. The maximum absolute atomic E-state index is 13.5. The minimum atomic E-state index is -0.862. The molecule has 8 nitrogen and oxygen atoms in total. The number of amides is 2. The van der Waals surface area contributed by atoms with Gasteiger partial charge in [-0.2, -0.15) is 0 Å². The molecule has 0 bridgehead atoms. The zero-order valence-electron chi connectivity index (χ0n) is 18.9. The largest absolute Gasteiger partial charge is 0.508 e. The standard InChI is InChI=1S/C24H31N3O5/c1-5-32-22(29)15-25-27(18-10-7-6-8-11-18)24(31)20(14-16(2)3)26-23(30)19-12-9-13-21(28)17(19)4/h6-13,16,20,25,28H,5,14-15H2,1-4H3,(H,26,30)/t20-/m0/s1. The molecule has 1 atom stereocenters. The molecule has 0 radical (unpaired) electrons. The first-order chi connectivity index (χ1) is 15.2. The number of rotatable bonds is 10. The SMILES string of the molecule is CCOC(=O)CNN(C(=O)[C@H](CC(C)C)NC(=O)c1cccc(O)c1C)c1ccccc1. The molecule has 3 N–H and O–H groups in total. The van der Waals surface area contributed by atoms with Crippen LogP contribution in [-0.4, -0.2) is 42.1 Å². The first-order valence-corrected chi connectivity index (χ1v) is 10.6. The molecule has 0 aliphatic carbocycles. The summed E-state index contributed by atoms with van der Waals surface area (Å²) in [5, 5.41) is 14.0. The minimum Gasteiger partial charge on any atom is -0.508 e. The fourth-order valence-electron chi connectivity index (χ4n) is 3.18. The van der Waals surface area contributed by atoms with Crippen LogP contribution in [0.2, 0.25) is 0 Å². The van der Waals surface area contributed by atoms with Crippen molar-refractivity contribution in [3.8, 4) is 5.75 Å². The fraction of sp³-hybridized carbons (Fsp3) is 0.375. The normalized spacial score (nSPS) is 11.7. The van der Waals surface area contributed by atoms with E-state index in [1.54, 1.807) is 50.2 Å². The smallest absolute Gasteiger partial charge is 0.321 e. The van der Waals surface area contributed by atoms with Crippen molar-refractivity contribution in [2.45, 2.75) is 40.2 Å². The third-order valence-electron chi connectivity index (χ3n) is 4.78. The second-order valence-electron chi connectivity index (χ2n) is 7.75. The van der Waals surface area contributed by atoms with E-state index < -0.39 is 23.8 Å². The maximum atomic E-state index is 13.5. The van der Waals surface area contributed by atoms with Gasteiger partial charge in [-0.25, -0.2) is 10.4 Å². The molecule has 2 rings (SSSR count). The van der Waals surface area contributed by atoms with Crippen LogP contribution in [0.1, 0.15) is 43.1 Å². The Labute approximate surface area is 188 Å². The number of anilines is 1. The van der Waals surface area contributed by atoms with Crippen molar-refractivity contribution in [1.29, 1.82) is 0 Å². The highest BCUT2D eigenvalue weighted by Crippen LogP contribution is 2.20. The molecule has 0 saturated carbocycles. The Balaban J connectivity index is 2.30. The number of nitrogens with zero attached hydrogens (tertiary/aromatic N) is 1. The Hall–Kier alpha value is -3.39. The van der Waals surface area contributed by atoms with Crippen molar-refractivity contribution in [3.05, 3.63) is 59.7 Å². The number of hydrogen-bond donors (Lipinski definition) is 3. The number of hydrogen-bond acceptors (Lipinski definition) is 6. The topological polar surface area (TPSA) is 108 Å². The van der Waals surface area contributed by atoms with E-state index >= 15 is 0 Å². The summed E-state index contributed by atoms with van der Waals surface area (Å²) in [7, 11) is 0. The Morgan fingerprint density at radius 3 is 2.38 bits per heavy atom. The third kappa shape index (κ3) is 6.81. The van der Waals surface area contributed by atoms with Crippen molar-refractivity contribution in [2.75, 3.05) is 18.2 Å². The van der Waals surface area contributed by atoms with Gasteiger partial charge in [0.2, 0.25) is 0 Å². The van der Waals surface area contributed by atoms with Gasteiger partial charge in [-0.15, -0.1) is 0 Å². The molecule has 2 amide bonds. The predicted molar refractivity (Wildman–Crippen MR) is 122 cm³/mol. The van der Waals surface area contributed by atoms with Crippen molar-refractivity contribution >= 4 is 23.5 Å². The summed E-state index contributed by atoms with van der Waals surface area (Å²) in [5.74, 6) is -1.26. The molecule has 0 fully saturated rings. The highest BCUT2D eigenvalue weighted by Gasteiger charge is 2.29. The fourth-order valence-corrected chi connectivity index (χ4v) is 3.18. The molecule has 0 heterocycles. The first-order valence-electron chi connectivity index (χ1n) is 10.6. The predicted octanol–water partition coefficient (Wildman–Crippen LogP) is 2.95. The van der Waals surface area contributed by atoms with E-state index in [1.807, 2.05) is 19.9 Å². The molecule has 0 unspecified atom stereocenters. The Kier molecular flexibility index (Phi) is 9.22. The van der Waals surface area contributed by atoms with Gasteiger partial charge in [0.25, 0.3) is 11.8 Å². The van der Waals surface area contributed by atoms with Crippen LogP contribution in [0.5, 0.6) is 5.75 Å². The quantitative estimate of drug-likeness (QED) is 0.387. The molecule has 2 aromatic rings. The number of hydrazine groups is 1. The van der Waals surface area contributed by atoms with E-state index in [-0.39, 0.29) is 30.4 Å².